The Morgan fingerprint density at radius 1 is 1.21 bits per heavy atom. The summed E-state index contributed by atoms with van der Waals surface area (Å²) in [4.78, 5) is 5.20. The molecule has 5 rings (SSSR count). The van der Waals surface area contributed by atoms with E-state index in [1.165, 1.54) is 0 Å². The van der Waals surface area contributed by atoms with Crippen LogP contribution in [-0.4, -0.2) is 53.2 Å². The van der Waals surface area contributed by atoms with Crippen LogP contribution >= 0.6 is 11.8 Å². The van der Waals surface area contributed by atoms with E-state index in [0.29, 0.717) is 41.7 Å². The highest BCUT2D eigenvalue weighted by molar-refractivity contribution is 7.98. The number of fused-ring (bicyclic) bond motifs is 1. The molecule has 2 fully saturated rings. The van der Waals surface area contributed by atoms with Gasteiger partial charge in [0.1, 0.15) is 5.76 Å². The van der Waals surface area contributed by atoms with Crippen molar-refractivity contribution >= 4 is 32.8 Å². The monoisotopic (exact) mass is 504 g/mol. The lowest BCUT2D eigenvalue weighted by molar-refractivity contribution is 0.0960. The number of piperidine rings is 1. The molecule has 2 saturated heterocycles. The average molecular weight is 505 g/mol. The number of ether oxygens (including phenoxy) is 1. The molecule has 8 nitrogen and oxygen atoms in total. The predicted molar refractivity (Wildman–Crippen MR) is 131 cm³/mol. The Bertz CT molecular complexity index is 1260. The average Bonchev–Trinajstić information content (AvgIpc) is 3.53. The van der Waals surface area contributed by atoms with Gasteiger partial charge in [0.2, 0.25) is 10.0 Å². The van der Waals surface area contributed by atoms with Crippen molar-refractivity contribution < 1.29 is 17.7 Å². The Balaban J connectivity index is 1.48. The molecule has 0 spiro atoms. The maximum Gasteiger partial charge on any atom is 0.243 e. The highest BCUT2D eigenvalue weighted by atomic mass is 32.2. The van der Waals surface area contributed by atoms with Gasteiger partial charge in [-0.1, -0.05) is 23.8 Å². The Kier molecular flexibility index (Phi) is 6.76. The highest BCUT2D eigenvalue weighted by Crippen LogP contribution is 2.32. The zero-order chi connectivity index (χ0) is 23.9. The molecule has 2 aliphatic heterocycles. The Morgan fingerprint density at radius 3 is 2.76 bits per heavy atom. The number of benzene rings is 1. The highest BCUT2D eigenvalue weighted by Gasteiger charge is 2.29. The van der Waals surface area contributed by atoms with Crippen molar-refractivity contribution in [2.24, 2.45) is 5.92 Å². The van der Waals surface area contributed by atoms with Gasteiger partial charge in [-0.15, -0.1) is 0 Å². The molecular formula is C24H32N4O4S2. The Labute approximate surface area is 205 Å². The molecule has 0 amide bonds. The first-order chi connectivity index (χ1) is 16.3. The summed E-state index contributed by atoms with van der Waals surface area (Å²) in [5.74, 6) is 1.88. The number of hydrogen-bond acceptors (Lipinski definition) is 7. The Hall–Kier alpha value is -1.88. The van der Waals surface area contributed by atoms with Crippen molar-refractivity contribution in [3.63, 3.8) is 0 Å². The molecule has 3 aromatic rings. The van der Waals surface area contributed by atoms with Gasteiger partial charge in [-0.05, 0) is 63.6 Å². The van der Waals surface area contributed by atoms with E-state index in [-0.39, 0.29) is 6.10 Å². The maximum atomic E-state index is 13.4. The van der Waals surface area contributed by atoms with Crippen LogP contribution in [-0.2, 0) is 27.1 Å². The number of imidazole rings is 1. The summed E-state index contributed by atoms with van der Waals surface area (Å²) in [5, 5.41) is 4.91. The summed E-state index contributed by atoms with van der Waals surface area (Å²) in [6.07, 6.45) is 4.21. The van der Waals surface area contributed by atoms with Crippen molar-refractivity contribution in [2.45, 2.75) is 74.9 Å². The molecule has 0 N–H and O–H groups in total. The van der Waals surface area contributed by atoms with E-state index in [1.54, 1.807) is 28.2 Å². The molecule has 2 aromatic heterocycles. The maximum absolute atomic E-state index is 13.4. The second-order valence-corrected chi connectivity index (χ2v) is 12.4. The van der Waals surface area contributed by atoms with Crippen LogP contribution in [0.25, 0.3) is 11.0 Å². The fourth-order valence-electron chi connectivity index (χ4n) is 4.88. The predicted octanol–water partition coefficient (Wildman–Crippen LogP) is 4.53. The van der Waals surface area contributed by atoms with Crippen LogP contribution < -0.4 is 0 Å². The van der Waals surface area contributed by atoms with E-state index in [0.717, 1.165) is 60.0 Å². The zero-order valence-electron chi connectivity index (χ0n) is 20.0. The molecule has 10 heteroatoms. The van der Waals surface area contributed by atoms with Gasteiger partial charge in [-0.25, -0.2) is 13.4 Å². The van der Waals surface area contributed by atoms with Gasteiger partial charge in [0.15, 0.2) is 5.16 Å². The molecule has 0 saturated carbocycles. The molecule has 0 unspecified atom stereocenters. The summed E-state index contributed by atoms with van der Waals surface area (Å²) in [5.41, 5.74) is 3.59. The molecule has 1 aromatic carbocycles. The van der Waals surface area contributed by atoms with Gasteiger partial charge >= 0.3 is 0 Å². The minimum atomic E-state index is -3.54. The van der Waals surface area contributed by atoms with Crippen molar-refractivity contribution in [1.29, 1.82) is 0 Å². The molecule has 4 heterocycles. The van der Waals surface area contributed by atoms with Gasteiger partial charge in [0, 0.05) is 31.0 Å². The smallest absolute Gasteiger partial charge is 0.243 e. The third kappa shape index (κ3) is 4.65. The quantitative estimate of drug-likeness (QED) is 0.437. The van der Waals surface area contributed by atoms with Crippen molar-refractivity contribution in [3.05, 3.63) is 35.2 Å². The van der Waals surface area contributed by atoms with Gasteiger partial charge in [0.05, 0.1) is 34.3 Å². The standard InChI is InChI=1S/C24H32N4O4S2/c1-16-6-4-10-27(13-16)34(29,30)20-8-9-23-22(12-20)25-24(28(23)14-19-7-5-11-31-19)33-15-21-17(2)26-32-18(21)3/h8-9,12,16,19H,4-7,10-11,13-15H2,1-3H3/t16-,19+/m0/s1. The summed E-state index contributed by atoms with van der Waals surface area (Å²) in [7, 11) is -3.54. The van der Waals surface area contributed by atoms with Crippen LogP contribution in [0.3, 0.4) is 0 Å². The number of nitrogens with zero attached hydrogens (tertiary/aromatic N) is 4. The topological polar surface area (TPSA) is 90.5 Å². The van der Waals surface area contributed by atoms with Gasteiger partial charge in [-0.3, -0.25) is 0 Å². The third-order valence-corrected chi connectivity index (χ3v) is 9.74. The van der Waals surface area contributed by atoms with Gasteiger partial charge < -0.3 is 13.8 Å². The molecule has 184 valence electrons. The lowest BCUT2D eigenvalue weighted by atomic mass is 10.0. The van der Waals surface area contributed by atoms with Crippen molar-refractivity contribution in [2.75, 3.05) is 19.7 Å². The van der Waals surface area contributed by atoms with E-state index < -0.39 is 10.0 Å². The lowest BCUT2D eigenvalue weighted by Crippen LogP contribution is -2.39. The van der Waals surface area contributed by atoms with Crippen molar-refractivity contribution in [1.82, 2.24) is 19.0 Å². The number of aryl methyl sites for hydroxylation is 2. The van der Waals surface area contributed by atoms with Crippen LogP contribution in [0.1, 0.15) is 49.6 Å². The molecule has 0 bridgehead atoms. The first-order valence-electron chi connectivity index (χ1n) is 12.0. The normalized spacial score (nSPS) is 22.1. The largest absolute Gasteiger partial charge is 0.376 e. The van der Waals surface area contributed by atoms with E-state index >= 15 is 0 Å². The second kappa shape index (κ2) is 9.64. The fraction of sp³-hybridized carbons (Fsp3) is 0.583. The summed E-state index contributed by atoms with van der Waals surface area (Å²) in [6.45, 7) is 8.62. The van der Waals surface area contributed by atoms with Crippen molar-refractivity contribution in [3.8, 4) is 0 Å². The minimum absolute atomic E-state index is 0.147. The first-order valence-corrected chi connectivity index (χ1v) is 14.4. The molecule has 2 atom stereocenters. The SMILES string of the molecule is Cc1noc(C)c1CSc1nc2cc(S(=O)(=O)N3CCC[C@H](C)C3)ccc2n1C[C@H]1CCCO1. The Morgan fingerprint density at radius 2 is 2.06 bits per heavy atom. The van der Waals surface area contributed by atoms with E-state index in [2.05, 4.69) is 16.6 Å². The zero-order valence-corrected chi connectivity index (χ0v) is 21.6. The summed E-state index contributed by atoms with van der Waals surface area (Å²) >= 11 is 1.62. The number of rotatable bonds is 7. The van der Waals surface area contributed by atoms with Gasteiger partial charge in [-0.2, -0.15) is 4.31 Å². The van der Waals surface area contributed by atoms with Crippen LogP contribution in [0.15, 0.2) is 32.8 Å². The van der Waals surface area contributed by atoms with Crippen LogP contribution in [0.2, 0.25) is 0 Å². The van der Waals surface area contributed by atoms with E-state index in [1.807, 2.05) is 19.9 Å². The second-order valence-electron chi connectivity index (χ2n) is 9.49. The summed E-state index contributed by atoms with van der Waals surface area (Å²) in [6, 6.07) is 5.36. The van der Waals surface area contributed by atoms with Crippen LogP contribution in [0, 0.1) is 19.8 Å². The molecule has 0 aliphatic carbocycles. The van der Waals surface area contributed by atoms with E-state index in [4.69, 9.17) is 14.2 Å². The lowest BCUT2D eigenvalue weighted by Gasteiger charge is -2.30. The van der Waals surface area contributed by atoms with Crippen LogP contribution in [0.5, 0.6) is 0 Å². The number of thioether (sulfide) groups is 1. The third-order valence-electron chi connectivity index (χ3n) is 6.88. The van der Waals surface area contributed by atoms with Gasteiger partial charge in [0.25, 0.3) is 0 Å². The van der Waals surface area contributed by atoms with E-state index in [9.17, 15) is 8.42 Å². The first kappa shape index (κ1) is 23.8. The fourth-order valence-corrected chi connectivity index (χ4v) is 7.68. The summed E-state index contributed by atoms with van der Waals surface area (Å²) < 4.78 is 41.7. The molecular weight excluding hydrogens is 472 g/mol. The molecule has 2 aliphatic rings. The number of hydrogen-bond donors (Lipinski definition) is 0. The number of aromatic nitrogens is 3. The molecule has 0 radical (unpaired) electrons. The van der Waals surface area contributed by atoms with Crippen LogP contribution in [0.4, 0.5) is 0 Å². The number of sulfonamides is 1. The minimum Gasteiger partial charge on any atom is -0.376 e. The molecule has 34 heavy (non-hydrogen) atoms.